The molecule has 1 N–H and O–H groups in total. The van der Waals surface area contributed by atoms with Crippen LogP contribution in [0.25, 0.3) is 16.6 Å². The van der Waals surface area contributed by atoms with Crippen molar-refractivity contribution in [3.8, 4) is 5.69 Å². The predicted octanol–water partition coefficient (Wildman–Crippen LogP) is 2.91. The van der Waals surface area contributed by atoms with E-state index < -0.39 is 17.3 Å². The molecule has 0 unspecified atom stereocenters. The summed E-state index contributed by atoms with van der Waals surface area (Å²) in [5, 5.41) is 8.02. The fourth-order valence-electron chi connectivity index (χ4n) is 4.04. The summed E-state index contributed by atoms with van der Waals surface area (Å²) in [6, 6.07) is 15.7. The van der Waals surface area contributed by atoms with Crippen molar-refractivity contribution in [3.05, 3.63) is 88.7 Å². The minimum absolute atomic E-state index is 0.0760. The molecule has 3 heterocycles. The predicted molar refractivity (Wildman–Crippen MR) is 127 cm³/mol. The molecule has 1 fully saturated rings. The summed E-state index contributed by atoms with van der Waals surface area (Å²) in [5.41, 5.74) is 1.76. The van der Waals surface area contributed by atoms with Gasteiger partial charge in [0.05, 0.1) is 18.9 Å². The molecule has 2 aromatic heterocycles. The smallest absolute Gasteiger partial charge is 0.276 e. The van der Waals surface area contributed by atoms with E-state index in [1.807, 2.05) is 24.3 Å². The van der Waals surface area contributed by atoms with Gasteiger partial charge in [0.25, 0.3) is 11.5 Å². The second-order valence-electron chi connectivity index (χ2n) is 8.14. The summed E-state index contributed by atoms with van der Waals surface area (Å²) < 4.78 is 21.9. The van der Waals surface area contributed by atoms with Gasteiger partial charge in [0, 0.05) is 55.0 Å². The number of amides is 1. The molecule has 9 heteroatoms. The summed E-state index contributed by atoms with van der Waals surface area (Å²) in [7, 11) is 0. The van der Waals surface area contributed by atoms with Crippen molar-refractivity contribution >= 4 is 22.5 Å². The number of halogens is 1. The summed E-state index contributed by atoms with van der Waals surface area (Å²) in [6.45, 7) is 5.32. The van der Waals surface area contributed by atoms with Crippen LogP contribution in [0, 0.1) is 5.82 Å². The first-order valence-corrected chi connectivity index (χ1v) is 11.1. The standard InChI is InChI=1S/C25H24FN5O3/c26-19-1-4-21(5-2-19)31-24(32)8-6-22(28-31)25(33)27-20-3-7-23-18(17-20)9-10-30(23)12-11-29-13-15-34-16-14-29/h1-10,17H,11-16H2,(H,27,33). The minimum atomic E-state index is -0.443. The fourth-order valence-corrected chi connectivity index (χ4v) is 4.04. The van der Waals surface area contributed by atoms with Crippen molar-refractivity contribution in [2.24, 2.45) is 0 Å². The molecule has 0 radical (unpaired) electrons. The minimum Gasteiger partial charge on any atom is -0.379 e. The normalized spacial score (nSPS) is 14.4. The van der Waals surface area contributed by atoms with Gasteiger partial charge in [-0.1, -0.05) is 0 Å². The highest BCUT2D eigenvalue weighted by Gasteiger charge is 2.13. The highest BCUT2D eigenvalue weighted by molar-refractivity contribution is 6.03. The maximum atomic E-state index is 13.2. The van der Waals surface area contributed by atoms with E-state index in [1.165, 1.54) is 36.4 Å². The lowest BCUT2D eigenvalue weighted by Gasteiger charge is -2.26. The number of ether oxygens (including phenoxy) is 1. The van der Waals surface area contributed by atoms with Crippen molar-refractivity contribution in [3.63, 3.8) is 0 Å². The Morgan fingerprint density at radius 3 is 2.59 bits per heavy atom. The third kappa shape index (κ3) is 4.75. The summed E-state index contributed by atoms with van der Waals surface area (Å²) in [5.74, 6) is -0.863. The number of fused-ring (bicyclic) bond motifs is 1. The monoisotopic (exact) mass is 461 g/mol. The Hall–Kier alpha value is -3.82. The molecule has 1 saturated heterocycles. The van der Waals surface area contributed by atoms with E-state index in [2.05, 4.69) is 26.1 Å². The van der Waals surface area contributed by atoms with Gasteiger partial charge in [-0.15, -0.1) is 0 Å². The zero-order chi connectivity index (χ0) is 23.5. The first-order valence-electron chi connectivity index (χ1n) is 11.1. The van der Waals surface area contributed by atoms with Crippen LogP contribution in [0.15, 0.2) is 71.7 Å². The first-order chi connectivity index (χ1) is 16.6. The highest BCUT2D eigenvalue weighted by atomic mass is 19.1. The third-order valence-corrected chi connectivity index (χ3v) is 5.89. The zero-order valence-electron chi connectivity index (χ0n) is 18.5. The van der Waals surface area contributed by atoms with Gasteiger partial charge < -0.3 is 14.6 Å². The van der Waals surface area contributed by atoms with Gasteiger partial charge in [-0.2, -0.15) is 9.78 Å². The van der Waals surface area contributed by atoms with Crippen molar-refractivity contribution in [2.75, 3.05) is 38.2 Å². The Balaban J connectivity index is 1.30. The molecule has 0 spiro atoms. The van der Waals surface area contributed by atoms with E-state index >= 15 is 0 Å². The van der Waals surface area contributed by atoms with Crippen LogP contribution in [0.5, 0.6) is 0 Å². The van der Waals surface area contributed by atoms with Gasteiger partial charge >= 0.3 is 0 Å². The summed E-state index contributed by atoms with van der Waals surface area (Å²) in [4.78, 5) is 27.4. The highest BCUT2D eigenvalue weighted by Crippen LogP contribution is 2.21. The number of rotatable bonds is 6. The molecule has 0 bridgehead atoms. The van der Waals surface area contributed by atoms with E-state index in [0.717, 1.165) is 55.0 Å². The van der Waals surface area contributed by atoms with Gasteiger partial charge in [0.1, 0.15) is 11.5 Å². The number of carbonyl (C=O) groups is 1. The summed E-state index contributed by atoms with van der Waals surface area (Å²) in [6.07, 6.45) is 2.05. The number of nitrogens with one attached hydrogen (secondary N) is 1. The van der Waals surface area contributed by atoms with Crippen LogP contribution in [-0.2, 0) is 11.3 Å². The van der Waals surface area contributed by atoms with Crippen molar-refractivity contribution in [1.82, 2.24) is 19.2 Å². The van der Waals surface area contributed by atoms with E-state index in [4.69, 9.17) is 4.74 Å². The summed E-state index contributed by atoms with van der Waals surface area (Å²) >= 11 is 0. The van der Waals surface area contributed by atoms with Gasteiger partial charge in [-0.3, -0.25) is 14.5 Å². The Bertz CT molecular complexity index is 1370. The number of benzene rings is 2. The molecule has 0 aliphatic carbocycles. The van der Waals surface area contributed by atoms with Crippen LogP contribution in [-0.4, -0.2) is 58.0 Å². The first kappa shape index (κ1) is 22.0. The Morgan fingerprint density at radius 2 is 1.79 bits per heavy atom. The molecule has 174 valence electrons. The van der Waals surface area contributed by atoms with Crippen LogP contribution in [0.3, 0.4) is 0 Å². The molecule has 1 amide bonds. The molecule has 8 nitrogen and oxygen atoms in total. The maximum Gasteiger partial charge on any atom is 0.276 e. The average Bonchev–Trinajstić information content (AvgIpc) is 3.26. The average molecular weight is 461 g/mol. The number of carbonyl (C=O) groups excluding carboxylic acids is 1. The van der Waals surface area contributed by atoms with Gasteiger partial charge in [-0.05, 0) is 54.6 Å². The van der Waals surface area contributed by atoms with Crippen LogP contribution in [0.2, 0.25) is 0 Å². The van der Waals surface area contributed by atoms with Crippen molar-refractivity contribution in [2.45, 2.75) is 6.54 Å². The SMILES string of the molecule is O=C(Nc1ccc2c(ccn2CCN2CCOCC2)c1)c1ccc(=O)n(-c2ccc(F)cc2)n1. The van der Waals surface area contributed by atoms with Crippen molar-refractivity contribution < 1.29 is 13.9 Å². The Morgan fingerprint density at radius 1 is 1.00 bits per heavy atom. The van der Waals surface area contributed by atoms with Gasteiger partial charge in [0.15, 0.2) is 0 Å². The van der Waals surface area contributed by atoms with Crippen molar-refractivity contribution in [1.29, 1.82) is 0 Å². The van der Waals surface area contributed by atoms with Crippen LogP contribution >= 0.6 is 0 Å². The molecule has 5 rings (SSSR count). The second kappa shape index (κ2) is 9.58. The molecule has 1 aliphatic heterocycles. The maximum absolute atomic E-state index is 13.2. The number of anilines is 1. The van der Waals surface area contributed by atoms with E-state index in [-0.39, 0.29) is 5.69 Å². The number of hydrogen-bond donors (Lipinski definition) is 1. The lowest BCUT2D eigenvalue weighted by molar-refractivity contribution is 0.0365. The largest absolute Gasteiger partial charge is 0.379 e. The molecular weight excluding hydrogens is 437 g/mol. The molecule has 0 saturated carbocycles. The molecular formula is C25H24FN5O3. The van der Waals surface area contributed by atoms with Crippen LogP contribution in [0.1, 0.15) is 10.5 Å². The molecule has 0 atom stereocenters. The zero-order valence-corrected chi connectivity index (χ0v) is 18.5. The number of morpholine rings is 1. The van der Waals surface area contributed by atoms with E-state index in [0.29, 0.717) is 11.4 Å². The lowest BCUT2D eigenvalue weighted by atomic mass is 10.2. The quantitative estimate of drug-likeness (QED) is 0.478. The number of nitrogens with zero attached hydrogens (tertiary/aromatic N) is 4. The number of aromatic nitrogens is 3. The topological polar surface area (TPSA) is 81.4 Å². The molecule has 1 aliphatic rings. The van der Waals surface area contributed by atoms with Gasteiger partial charge in [0.2, 0.25) is 0 Å². The van der Waals surface area contributed by atoms with E-state index in [9.17, 15) is 14.0 Å². The Kier molecular flexibility index (Phi) is 6.20. The van der Waals surface area contributed by atoms with Gasteiger partial charge in [-0.25, -0.2) is 4.39 Å². The second-order valence-corrected chi connectivity index (χ2v) is 8.14. The molecule has 4 aromatic rings. The lowest BCUT2D eigenvalue weighted by Crippen LogP contribution is -2.38. The van der Waals surface area contributed by atoms with Crippen LogP contribution in [0.4, 0.5) is 10.1 Å². The Labute approximate surface area is 195 Å². The molecule has 2 aromatic carbocycles. The third-order valence-electron chi connectivity index (χ3n) is 5.89. The van der Waals surface area contributed by atoms with E-state index in [1.54, 1.807) is 0 Å². The van der Waals surface area contributed by atoms with Crippen LogP contribution < -0.4 is 10.9 Å². The fraction of sp³-hybridized carbons (Fsp3) is 0.240. The molecule has 34 heavy (non-hydrogen) atoms. The number of hydrogen-bond acceptors (Lipinski definition) is 5.